The Bertz CT molecular complexity index is 734. The molecule has 24 heavy (non-hydrogen) atoms. The van der Waals surface area contributed by atoms with Gasteiger partial charge < -0.3 is 10.2 Å². The number of hydrogen-bond acceptors (Lipinski definition) is 4. The number of carbonyl (C=O) groups excluding carboxylic acids is 1. The minimum absolute atomic E-state index is 0.150. The third-order valence-electron chi connectivity index (χ3n) is 3.75. The first-order chi connectivity index (χ1) is 11.6. The lowest BCUT2D eigenvalue weighted by molar-refractivity contribution is 0.262. The summed E-state index contributed by atoms with van der Waals surface area (Å²) in [6.45, 7) is 1.86. The van der Waals surface area contributed by atoms with E-state index in [4.69, 9.17) is 0 Å². The van der Waals surface area contributed by atoms with Crippen molar-refractivity contribution in [2.75, 3.05) is 28.6 Å². The van der Waals surface area contributed by atoms with Crippen molar-refractivity contribution in [2.24, 2.45) is 0 Å². The number of halogens is 2. The molecule has 0 unspecified atom stereocenters. The SMILES string of the molecule is O=C(Nc1ccc(F)c(F)c1)Nc1cc(N2CCCCC2)ncn1. The predicted molar refractivity (Wildman–Crippen MR) is 87.1 cm³/mol. The number of urea groups is 1. The molecule has 0 radical (unpaired) electrons. The maximum absolute atomic E-state index is 13.1. The van der Waals surface area contributed by atoms with Crippen molar-refractivity contribution in [1.29, 1.82) is 0 Å². The lowest BCUT2D eigenvalue weighted by atomic mass is 10.1. The van der Waals surface area contributed by atoms with E-state index in [1.165, 1.54) is 18.8 Å². The minimum atomic E-state index is -1.03. The molecule has 2 aromatic rings. The summed E-state index contributed by atoms with van der Waals surface area (Å²) in [5, 5.41) is 4.99. The summed E-state index contributed by atoms with van der Waals surface area (Å²) in [4.78, 5) is 22.3. The van der Waals surface area contributed by atoms with E-state index in [0.29, 0.717) is 5.82 Å². The minimum Gasteiger partial charge on any atom is -0.356 e. The Morgan fingerprint density at radius 2 is 1.79 bits per heavy atom. The smallest absolute Gasteiger partial charge is 0.324 e. The van der Waals surface area contributed by atoms with Crippen molar-refractivity contribution < 1.29 is 13.6 Å². The maximum atomic E-state index is 13.1. The van der Waals surface area contributed by atoms with Gasteiger partial charge in [-0.2, -0.15) is 0 Å². The molecule has 0 atom stereocenters. The summed E-state index contributed by atoms with van der Waals surface area (Å²) in [6, 6.07) is 4.23. The fourth-order valence-electron chi connectivity index (χ4n) is 2.56. The Morgan fingerprint density at radius 3 is 2.54 bits per heavy atom. The van der Waals surface area contributed by atoms with Crippen LogP contribution in [0, 0.1) is 11.6 Å². The molecule has 0 spiro atoms. The Kier molecular flexibility index (Phi) is 4.83. The van der Waals surface area contributed by atoms with Crippen molar-refractivity contribution in [2.45, 2.75) is 19.3 Å². The topological polar surface area (TPSA) is 70.2 Å². The molecular weight excluding hydrogens is 316 g/mol. The van der Waals surface area contributed by atoms with E-state index in [1.54, 1.807) is 6.07 Å². The molecule has 1 aliphatic rings. The molecule has 1 saturated heterocycles. The van der Waals surface area contributed by atoms with E-state index in [9.17, 15) is 13.6 Å². The van der Waals surface area contributed by atoms with Crippen molar-refractivity contribution >= 4 is 23.4 Å². The number of piperidine rings is 1. The van der Waals surface area contributed by atoms with Crippen LogP contribution in [0.4, 0.5) is 30.9 Å². The molecule has 6 nitrogen and oxygen atoms in total. The molecule has 0 saturated carbocycles. The van der Waals surface area contributed by atoms with Gasteiger partial charge in [-0.05, 0) is 31.4 Å². The summed E-state index contributed by atoms with van der Waals surface area (Å²) < 4.78 is 26.0. The van der Waals surface area contributed by atoms with Crippen molar-refractivity contribution in [3.05, 3.63) is 42.2 Å². The number of carbonyl (C=O) groups is 1. The Hall–Kier alpha value is -2.77. The van der Waals surface area contributed by atoms with Gasteiger partial charge in [0, 0.05) is 30.9 Å². The van der Waals surface area contributed by atoms with Crippen LogP contribution >= 0.6 is 0 Å². The average molecular weight is 333 g/mol. The Labute approximate surface area is 137 Å². The highest BCUT2D eigenvalue weighted by Gasteiger charge is 2.13. The van der Waals surface area contributed by atoms with Crippen LogP contribution in [0.15, 0.2) is 30.6 Å². The molecule has 3 rings (SSSR count). The number of anilines is 3. The van der Waals surface area contributed by atoms with Gasteiger partial charge in [0.25, 0.3) is 0 Å². The molecule has 1 aromatic heterocycles. The molecule has 2 N–H and O–H groups in total. The molecule has 1 fully saturated rings. The molecule has 1 aromatic carbocycles. The van der Waals surface area contributed by atoms with Crippen LogP contribution in [0.1, 0.15) is 19.3 Å². The van der Waals surface area contributed by atoms with Gasteiger partial charge in [-0.3, -0.25) is 5.32 Å². The molecule has 1 aliphatic heterocycles. The van der Waals surface area contributed by atoms with Crippen molar-refractivity contribution in [1.82, 2.24) is 9.97 Å². The fourth-order valence-corrected chi connectivity index (χ4v) is 2.56. The van der Waals surface area contributed by atoms with Crippen LogP contribution in [-0.2, 0) is 0 Å². The van der Waals surface area contributed by atoms with Gasteiger partial charge in [-0.15, -0.1) is 0 Å². The predicted octanol–water partition coefficient (Wildman–Crippen LogP) is 3.39. The van der Waals surface area contributed by atoms with Gasteiger partial charge >= 0.3 is 6.03 Å². The molecular formula is C16H17F2N5O. The van der Waals surface area contributed by atoms with Gasteiger partial charge in [-0.1, -0.05) is 0 Å². The van der Waals surface area contributed by atoms with Gasteiger partial charge in [0.15, 0.2) is 11.6 Å². The van der Waals surface area contributed by atoms with Gasteiger partial charge in [0.1, 0.15) is 18.0 Å². The second-order valence-electron chi connectivity index (χ2n) is 5.52. The summed E-state index contributed by atoms with van der Waals surface area (Å²) in [7, 11) is 0. The fraction of sp³-hybridized carbons (Fsp3) is 0.312. The summed E-state index contributed by atoms with van der Waals surface area (Å²) in [6.07, 6.45) is 4.83. The zero-order valence-electron chi connectivity index (χ0n) is 12.9. The summed E-state index contributed by atoms with van der Waals surface area (Å²) in [5.41, 5.74) is 0.150. The van der Waals surface area contributed by atoms with Crippen LogP contribution in [0.3, 0.4) is 0 Å². The highest BCUT2D eigenvalue weighted by Crippen LogP contribution is 2.19. The third kappa shape index (κ3) is 3.95. The molecule has 0 aliphatic carbocycles. The number of nitrogens with one attached hydrogen (secondary N) is 2. The quantitative estimate of drug-likeness (QED) is 0.903. The summed E-state index contributed by atoms with van der Waals surface area (Å²) >= 11 is 0. The van der Waals surface area contributed by atoms with E-state index >= 15 is 0 Å². The largest absolute Gasteiger partial charge is 0.356 e. The third-order valence-corrected chi connectivity index (χ3v) is 3.75. The van der Waals surface area contributed by atoms with E-state index in [-0.39, 0.29) is 5.69 Å². The first-order valence-electron chi connectivity index (χ1n) is 7.72. The van der Waals surface area contributed by atoms with E-state index in [2.05, 4.69) is 25.5 Å². The van der Waals surface area contributed by atoms with Crippen LogP contribution in [0.5, 0.6) is 0 Å². The number of aromatic nitrogens is 2. The molecule has 0 bridgehead atoms. The number of benzene rings is 1. The number of amides is 2. The van der Waals surface area contributed by atoms with Crippen LogP contribution in [0.25, 0.3) is 0 Å². The second kappa shape index (κ2) is 7.20. The summed E-state index contributed by atoms with van der Waals surface area (Å²) in [5.74, 6) is -0.899. The number of hydrogen-bond donors (Lipinski definition) is 2. The highest BCUT2D eigenvalue weighted by molar-refractivity contribution is 5.99. The van der Waals surface area contributed by atoms with Crippen molar-refractivity contribution in [3.63, 3.8) is 0 Å². The normalized spacial score (nSPS) is 14.3. The zero-order valence-corrected chi connectivity index (χ0v) is 12.9. The van der Waals surface area contributed by atoms with Crippen LogP contribution in [-0.4, -0.2) is 29.1 Å². The van der Waals surface area contributed by atoms with E-state index in [0.717, 1.165) is 43.9 Å². The van der Waals surface area contributed by atoms with Gasteiger partial charge in [0.2, 0.25) is 0 Å². The second-order valence-corrected chi connectivity index (χ2v) is 5.52. The standard InChI is InChI=1S/C16H17F2N5O/c17-12-5-4-11(8-13(12)18)21-16(24)22-14-9-15(20-10-19-14)23-6-2-1-3-7-23/h4-5,8-10H,1-3,6-7H2,(H2,19,20,21,22,24). The maximum Gasteiger partial charge on any atom is 0.324 e. The lowest BCUT2D eigenvalue weighted by Crippen LogP contribution is -2.30. The Morgan fingerprint density at radius 1 is 1.00 bits per heavy atom. The molecule has 2 heterocycles. The van der Waals surface area contributed by atoms with Crippen molar-refractivity contribution in [3.8, 4) is 0 Å². The van der Waals surface area contributed by atoms with Gasteiger partial charge in [0.05, 0.1) is 0 Å². The molecule has 8 heteroatoms. The average Bonchev–Trinajstić information content (AvgIpc) is 2.59. The molecule has 2 amide bonds. The zero-order chi connectivity index (χ0) is 16.9. The Balaban J connectivity index is 1.64. The van der Waals surface area contributed by atoms with Crippen LogP contribution in [0.2, 0.25) is 0 Å². The van der Waals surface area contributed by atoms with E-state index < -0.39 is 17.7 Å². The number of nitrogens with zero attached hydrogens (tertiary/aromatic N) is 3. The lowest BCUT2D eigenvalue weighted by Gasteiger charge is -2.27. The first-order valence-corrected chi connectivity index (χ1v) is 7.72. The monoisotopic (exact) mass is 333 g/mol. The van der Waals surface area contributed by atoms with Crippen LogP contribution < -0.4 is 15.5 Å². The van der Waals surface area contributed by atoms with Gasteiger partial charge in [-0.25, -0.2) is 23.5 Å². The highest BCUT2D eigenvalue weighted by atomic mass is 19.2. The van der Waals surface area contributed by atoms with E-state index in [1.807, 2.05) is 0 Å². The first kappa shape index (κ1) is 16.1. The molecule has 126 valence electrons. The number of rotatable bonds is 3.